The van der Waals surface area contributed by atoms with Crippen LogP contribution in [0.15, 0.2) is 24.5 Å². The molecule has 3 rings (SSSR count). The number of rotatable bonds is 2. The van der Waals surface area contributed by atoms with Crippen molar-refractivity contribution < 1.29 is 14.6 Å². The van der Waals surface area contributed by atoms with E-state index < -0.39 is 5.97 Å². The lowest BCUT2D eigenvalue weighted by molar-refractivity contribution is -0.304. The van der Waals surface area contributed by atoms with Crippen LogP contribution < -0.4 is 9.84 Å². The molecule has 0 aliphatic carbocycles. The molecular formula is C22H23N2O3-. The third-order valence-electron chi connectivity index (χ3n) is 4.66. The van der Waals surface area contributed by atoms with E-state index in [9.17, 15) is 9.90 Å². The summed E-state index contributed by atoms with van der Waals surface area (Å²) in [5.74, 6) is 6.18. The quantitative estimate of drug-likeness (QED) is 0.766. The average molecular weight is 363 g/mol. The summed E-state index contributed by atoms with van der Waals surface area (Å²) in [5.41, 5.74) is 3.58. The second kappa shape index (κ2) is 6.70. The van der Waals surface area contributed by atoms with E-state index in [2.05, 4.69) is 61.6 Å². The van der Waals surface area contributed by atoms with Crippen molar-refractivity contribution in [3.8, 4) is 17.6 Å². The Morgan fingerprint density at radius 2 is 1.85 bits per heavy atom. The molecule has 5 nitrogen and oxygen atoms in total. The molecule has 27 heavy (non-hydrogen) atoms. The molecule has 0 fully saturated rings. The van der Waals surface area contributed by atoms with Crippen LogP contribution in [0.2, 0.25) is 0 Å². The van der Waals surface area contributed by atoms with Gasteiger partial charge in [0.25, 0.3) is 0 Å². The van der Waals surface area contributed by atoms with Gasteiger partial charge in [0.15, 0.2) is 0 Å². The third kappa shape index (κ3) is 4.28. The van der Waals surface area contributed by atoms with Crippen molar-refractivity contribution in [3.63, 3.8) is 0 Å². The number of carbonyl (C=O) groups excluding carboxylic acids is 1. The van der Waals surface area contributed by atoms with Gasteiger partial charge in [-0.3, -0.25) is 0 Å². The number of benzene rings is 1. The molecule has 0 unspecified atom stereocenters. The van der Waals surface area contributed by atoms with Gasteiger partial charge in [-0.05, 0) is 50.3 Å². The second-order valence-corrected chi connectivity index (χ2v) is 8.27. The first-order valence-corrected chi connectivity index (χ1v) is 8.93. The van der Waals surface area contributed by atoms with Crippen molar-refractivity contribution in [2.24, 2.45) is 0 Å². The Morgan fingerprint density at radius 1 is 1.19 bits per heavy atom. The van der Waals surface area contributed by atoms with Gasteiger partial charge < -0.3 is 14.6 Å². The molecule has 1 aromatic heterocycles. The fourth-order valence-electron chi connectivity index (χ4n) is 3.70. The van der Waals surface area contributed by atoms with Gasteiger partial charge in [-0.15, -0.1) is 0 Å². The molecule has 0 saturated heterocycles. The number of carboxylic acids is 1. The number of hydrogen-bond donors (Lipinski definition) is 0. The predicted molar refractivity (Wildman–Crippen MR) is 100 cm³/mol. The third-order valence-corrected chi connectivity index (χ3v) is 4.66. The van der Waals surface area contributed by atoms with Gasteiger partial charge in [0.05, 0.1) is 5.56 Å². The van der Waals surface area contributed by atoms with Crippen molar-refractivity contribution in [1.82, 2.24) is 9.97 Å². The maximum Gasteiger partial charge on any atom is 0.133 e. The maximum absolute atomic E-state index is 10.6. The summed E-state index contributed by atoms with van der Waals surface area (Å²) >= 11 is 0. The van der Waals surface area contributed by atoms with Crippen LogP contribution in [0.25, 0.3) is 0 Å². The van der Waals surface area contributed by atoms with Crippen LogP contribution in [0.5, 0.6) is 5.75 Å². The highest BCUT2D eigenvalue weighted by Crippen LogP contribution is 2.45. The summed E-state index contributed by atoms with van der Waals surface area (Å²) in [4.78, 5) is 18.6. The van der Waals surface area contributed by atoms with Crippen LogP contribution in [0.4, 0.5) is 0 Å². The molecule has 0 N–H and O–H groups in total. The molecule has 0 atom stereocenters. The molecule has 1 aliphatic heterocycles. The minimum Gasteiger partial charge on any atom is -0.550 e. The van der Waals surface area contributed by atoms with Crippen LogP contribution in [0, 0.1) is 18.8 Å². The first-order valence-electron chi connectivity index (χ1n) is 8.93. The van der Waals surface area contributed by atoms with Gasteiger partial charge in [-0.1, -0.05) is 25.7 Å². The summed E-state index contributed by atoms with van der Waals surface area (Å²) in [7, 11) is 0. The van der Waals surface area contributed by atoms with Crippen molar-refractivity contribution in [1.29, 1.82) is 0 Å². The maximum atomic E-state index is 10.6. The van der Waals surface area contributed by atoms with E-state index >= 15 is 0 Å². The summed E-state index contributed by atoms with van der Waals surface area (Å²) in [6, 6.07) is 4.17. The van der Waals surface area contributed by atoms with Crippen LogP contribution in [-0.4, -0.2) is 21.5 Å². The van der Waals surface area contributed by atoms with E-state index in [0.717, 1.165) is 28.9 Å². The lowest BCUT2D eigenvalue weighted by atomic mass is 9.73. The number of nitrogens with zero attached hydrogens (tertiary/aromatic N) is 2. The molecule has 5 heteroatoms. The van der Waals surface area contributed by atoms with Crippen molar-refractivity contribution >= 4 is 5.97 Å². The highest BCUT2D eigenvalue weighted by molar-refractivity contribution is 5.66. The van der Waals surface area contributed by atoms with Crippen LogP contribution >= 0.6 is 0 Å². The topological polar surface area (TPSA) is 75.1 Å². The molecular weight excluding hydrogens is 340 g/mol. The van der Waals surface area contributed by atoms with E-state index in [1.807, 2.05) is 6.92 Å². The number of aromatic nitrogens is 2. The number of fused-ring (bicyclic) bond motifs is 1. The van der Waals surface area contributed by atoms with Crippen molar-refractivity contribution in [2.45, 2.75) is 58.5 Å². The van der Waals surface area contributed by atoms with Gasteiger partial charge >= 0.3 is 0 Å². The Labute approximate surface area is 159 Å². The molecule has 0 amide bonds. The van der Waals surface area contributed by atoms with Crippen molar-refractivity contribution in [3.05, 3.63) is 52.6 Å². The summed E-state index contributed by atoms with van der Waals surface area (Å²) in [6.45, 7) is 10.7. The Morgan fingerprint density at radius 3 is 2.48 bits per heavy atom. The zero-order valence-electron chi connectivity index (χ0n) is 16.3. The second-order valence-electron chi connectivity index (χ2n) is 8.27. The minimum atomic E-state index is -1.20. The Bertz CT molecular complexity index is 948. The largest absolute Gasteiger partial charge is 0.550 e. The first kappa shape index (κ1) is 18.9. The van der Waals surface area contributed by atoms with Crippen LogP contribution in [-0.2, 0) is 16.6 Å². The normalized spacial score (nSPS) is 16.5. The van der Waals surface area contributed by atoms with Gasteiger partial charge in [0.1, 0.15) is 17.2 Å². The van der Waals surface area contributed by atoms with Crippen LogP contribution in [0.3, 0.4) is 0 Å². The monoisotopic (exact) mass is 363 g/mol. The Hall–Kier alpha value is -2.87. The fraction of sp³-hybridized carbons (Fsp3) is 0.409. The first-order chi connectivity index (χ1) is 12.6. The van der Waals surface area contributed by atoms with Gasteiger partial charge in [0, 0.05) is 35.9 Å². The zero-order chi connectivity index (χ0) is 19.8. The van der Waals surface area contributed by atoms with E-state index in [-0.39, 0.29) is 23.3 Å². The zero-order valence-corrected chi connectivity index (χ0v) is 16.3. The van der Waals surface area contributed by atoms with Gasteiger partial charge in [-0.2, -0.15) is 0 Å². The molecule has 0 bridgehead atoms. The van der Waals surface area contributed by atoms with Crippen LogP contribution in [0.1, 0.15) is 62.2 Å². The van der Waals surface area contributed by atoms with E-state index in [1.54, 1.807) is 0 Å². The summed E-state index contributed by atoms with van der Waals surface area (Å²) in [6.07, 6.45) is 3.68. The standard InChI is InChI=1S/C22H24N2O3/c1-14-8-18-17(21(2,3)13-22(4,5)27-18)9-16(14)7-6-15-11-23-19(24-12-15)10-20(25)26/h8-9,11-12H,10,13H2,1-5H3,(H,25,26)/p-1. The van der Waals surface area contributed by atoms with E-state index in [4.69, 9.17) is 4.74 Å². The lowest BCUT2D eigenvalue weighted by Gasteiger charge is -2.42. The molecule has 2 aromatic rings. The van der Waals surface area contributed by atoms with E-state index in [0.29, 0.717) is 5.56 Å². The molecule has 1 aliphatic rings. The molecule has 0 saturated carbocycles. The van der Waals surface area contributed by atoms with Gasteiger partial charge in [-0.25, -0.2) is 9.97 Å². The molecule has 140 valence electrons. The Kier molecular flexibility index (Phi) is 4.69. The SMILES string of the molecule is Cc1cc2c(cc1C#Cc1cnc(CC(=O)[O-])nc1)C(C)(C)CC(C)(C)O2. The number of carbonyl (C=O) groups is 1. The number of carboxylic acid groups (broad SMARTS) is 1. The molecule has 0 spiro atoms. The highest BCUT2D eigenvalue weighted by atomic mass is 16.5. The minimum absolute atomic E-state index is 0.00313. The lowest BCUT2D eigenvalue weighted by Crippen LogP contribution is -2.41. The summed E-state index contributed by atoms with van der Waals surface area (Å²) < 4.78 is 6.18. The number of aryl methyl sites for hydroxylation is 1. The molecule has 0 radical (unpaired) electrons. The highest BCUT2D eigenvalue weighted by Gasteiger charge is 2.39. The number of hydrogen-bond acceptors (Lipinski definition) is 5. The number of aliphatic carboxylic acids is 1. The Balaban J connectivity index is 1.92. The fourth-order valence-corrected chi connectivity index (χ4v) is 3.70. The average Bonchev–Trinajstić information content (AvgIpc) is 2.52. The predicted octanol–water partition coefficient (Wildman–Crippen LogP) is 2.32. The van der Waals surface area contributed by atoms with Crippen molar-refractivity contribution in [2.75, 3.05) is 0 Å². The van der Waals surface area contributed by atoms with Gasteiger partial charge in [0.2, 0.25) is 0 Å². The van der Waals surface area contributed by atoms with E-state index in [1.165, 1.54) is 12.4 Å². The number of ether oxygens (including phenoxy) is 1. The smallest absolute Gasteiger partial charge is 0.133 e. The molecule has 1 aromatic carbocycles. The molecule has 2 heterocycles. The summed E-state index contributed by atoms with van der Waals surface area (Å²) in [5, 5.41) is 10.6.